The molecule has 0 bridgehead atoms. The number of carbonyl (C=O) groups excluding carboxylic acids is 11. The first-order chi connectivity index (χ1) is 52.1. The van der Waals surface area contributed by atoms with E-state index in [0.29, 0.717) is 12.1 Å². The summed E-state index contributed by atoms with van der Waals surface area (Å²) in [5.41, 5.74) is 31.4. The smallest absolute Gasteiger partial charge is 0.480 e. The van der Waals surface area contributed by atoms with E-state index in [1.54, 1.807) is 0 Å². The number of rotatable bonds is 42. The number of carbonyl (C=O) groups is 12. The van der Waals surface area contributed by atoms with E-state index in [1.807, 2.05) is 0 Å². The summed E-state index contributed by atoms with van der Waals surface area (Å²) < 4.78 is 238. The Hall–Kier alpha value is -10.6. The van der Waals surface area contributed by atoms with Gasteiger partial charge >= 0.3 is 59.8 Å². The maximum Gasteiger partial charge on any atom is 0.534 e. The Kier molecular flexibility index (Phi) is 32.9. The lowest BCUT2D eigenvalue weighted by atomic mass is 9.87. The van der Waals surface area contributed by atoms with Crippen LogP contribution >= 0.6 is 0 Å². The molecule has 1 aromatic rings. The molecular formula is C61H82F17N19O16. The fourth-order valence-corrected chi connectivity index (χ4v) is 11.2. The van der Waals surface area contributed by atoms with Gasteiger partial charge in [0.05, 0.1) is 37.7 Å². The number of carboxylic acid groups (broad SMARTS) is 1. The molecule has 3 unspecified atom stereocenters. The lowest BCUT2D eigenvalue weighted by Crippen LogP contribution is -2.74. The number of nitrogens with one attached hydrogen (secondary N) is 7. The molecule has 21 N–H and O–H groups in total. The molecule has 0 saturated carbocycles. The van der Waals surface area contributed by atoms with Crippen LogP contribution in [0.5, 0.6) is 0 Å². The number of halogens is 17. The Bertz CT molecular complexity index is 3690. The Morgan fingerprint density at radius 3 is 1.49 bits per heavy atom. The van der Waals surface area contributed by atoms with Gasteiger partial charge in [-0.25, -0.2) is 9.59 Å². The first-order valence-corrected chi connectivity index (χ1v) is 33.8. The molecule has 10 amide bonds. The number of imide groups is 1. The van der Waals surface area contributed by atoms with Crippen molar-refractivity contribution in [3.63, 3.8) is 0 Å². The zero-order valence-electron chi connectivity index (χ0n) is 59.5. The standard InChI is InChI=1S/C61H82F17N19O16/c1-28(90-35-24-40(101)97(47(35)107)113-53(111)112-27-31-15-13-30(14-16-31)17-18-54(62,63)55(64,65)56(66,67)57(68,69)58(70,71)59(72,73)60(74,75)61(76,77)78)46(106)95-22-7-12-37(95)45(105)92-33(9-4-20-86-51(81)82)43(103)94-41(29(2)98)48(108)96-23-6-11-36(96)44(104)89-25-38(99)88-26-39(100)91-32(8-3-19-85-50(79)80)42(102)93-34(49(109)110)10-5-21-87-52(83)84/h13-16,28-29,32-37,41,90,98H,3-12,17-27H2,1-2H3,(H,88,99)(H,89,104)(H,91,100)(H,92,105)(H,93,102)(H,94,103)(H,109,110)(H4,79,80,85)(H4,81,82,86)(H4,83,84,87)/t28?,29-,32?,33+,34+,35?,36+,37+,41+/m1/s1. The molecule has 9 atom stereocenters. The largest absolute Gasteiger partial charge is 0.534 e. The number of nitrogens with two attached hydrogens (primary N) is 6. The third-order valence-electron chi connectivity index (χ3n) is 17.3. The molecule has 3 aliphatic rings. The van der Waals surface area contributed by atoms with Crippen LogP contribution in [0.1, 0.15) is 102 Å². The number of aliphatic hydroxyl groups excluding tert-OH is 1. The van der Waals surface area contributed by atoms with Crippen LogP contribution in [0.2, 0.25) is 0 Å². The predicted molar refractivity (Wildman–Crippen MR) is 352 cm³/mol. The number of hydrogen-bond donors (Lipinski definition) is 15. The number of hydroxylamine groups is 2. The van der Waals surface area contributed by atoms with Crippen LogP contribution in [0.3, 0.4) is 0 Å². The minimum atomic E-state index is -8.79. The molecule has 52 heteroatoms. The van der Waals surface area contributed by atoms with Gasteiger partial charge in [0.1, 0.15) is 42.9 Å². The van der Waals surface area contributed by atoms with Crippen molar-refractivity contribution in [2.45, 2.75) is 206 Å². The molecule has 4 rings (SSSR count). The van der Waals surface area contributed by atoms with Gasteiger partial charge in [0.2, 0.25) is 47.3 Å². The van der Waals surface area contributed by atoms with E-state index in [1.165, 1.54) is 6.92 Å². The second-order valence-corrected chi connectivity index (χ2v) is 25.8. The lowest BCUT2D eigenvalue weighted by Gasteiger charge is -2.42. The molecule has 636 valence electrons. The molecule has 0 spiro atoms. The van der Waals surface area contributed by atoms with Gasteiger partial charge in [0.25, 0.3) is 11.8 Å². The van der Waals surface area contributed by atoms with Crippen LogP contribution in [0.25, 0.3) is 0 Å². The summed E-state index contributed by atoms with van der Waals surface area (Å²) in [5.74, 6) is -69.9. The van der Waals surface area contributed by atoms with Crippen LogP contribution in [0, 0.1) is 0 Å². The number of aliphatic imine (C=N–C) groups is 3. The number of aryl methyl sites for hydroxylation is 1. The quantitative estimate of drug-likeness (QED) is 0.00940. The third kappa shape index (κ3) is 24.0. The highest BCUT2D eigenvalue weighted by molar-refractivity contribution is 6.05. The van der Waals surface area contributed by atoms with Gasteiger partial charge in [-0.2, -0.15) is 74.6 Å². The predicted octanol–water partition coefficient (Wildman–Crippen LogP) is -0.918. The zero-order valence-corrected chi connectivity index (χ0v) is 59.5. The van der Waals surface area contributed by atoms with Crippen molar-refractivity contribution in [1.29, 1.82) is 0 Å². The SMILES string of the molecule is CC(NC1CC(=O)N(OC(=O)OCc2ccc(CCC(F)(F)C(F)(F)C(F)(F)C(F)(F)C(F)(F)C(F)(F)C(F)(F)C(F)(F)F)cc2)C1=O)C(=O)N1CCC[C@H]1C(=O)N[C@@H](CCCN=C(N)N)C(=O)N[C@H](C(=O)N1CCC[C@H]1C(=O)NCC(=O)NCC(=O)NC(CCCN=C(N)N)C(=O)N[C@@H](CCCN=C(N)N)C(=O)O)[C@@H](C)O. The van der Waals surface area contributed by atoms with Gasteiger partial charge < -0.3 is 91.1 Å². The summed E-state index contributed by atoms with van der Waals surface area (Å²) in [7, 11) is 0. The summed E-state index contributed by atoms with van der Waals surface area (Å²) in [6.07, 6.45) is -16.5. The Morgan fingerprint density at radius 1 is 0.558 bits per heavy atom. The number of aliphatic hydroxyl groups is 1. The number of alkyl halides is 17. The van der Waals surface area contributed by atoms with E-state index in [2.05, 4.69) is 57.0 Å². The van der Waals surface area contributed by atoms with E-state index >= 15 is 0 Å². The van der Waals surface area contributed by atoms with E-state index < -0.39 is 218 Å². The highest BCUT2D eigenvalue weighted by atomic mass is 19.4. The molecule has 3 fully saturated rings. The summed E-state index contributed by atoms with van der Waals surface area (Å²) in [6.45, 7) is -0.424. The Morgan fingerprint density at radius 2 is 1.00 bits per heavy atom. The summed E-state index contributed by atoms with van der Waals surface area (Å²) in [6, 6.07) is -8.93. The van der Waals surface area contributed by atoms with Crippen LogP contribution in [-0.2, 0) is 75.3 Å². The van der Waals surface area contributed by atoms with E-state index in [9.17, 15) is 142 Å². The van der Waals surface area contributed by atoms with Crippen molar-refractivity contribution >= 4 is 89.1 Å². The molecule has 0 aliphatic carbocycles. The average Bonchev–Trinajstić information content (AvgIpc) is 0.741. The molecule has 3 heterocycles. The monoisotopic (exact) mass is 1660 g/mol. The van der Waals surface area contributed by atoms with Crippen molar-refractivity contribution < 1.29 is 152 Å². The molecule has 3 aliphatic heterocycles. The second kappa shape index (κ2) is 39.2. The number of carboxylic acids is 1. The molecular weight excluding hydrogens is 1580 g/mol. The lowest BCUT2D eigenvalue weighted by molar-refractivity contribution is -0.461. The molecule has 0 aromatic heterocycles. The van der Waals surface area contributed by atoms with Gasteiger partial charge in [-0.05, 0) is 95.6 Å². The average molecular weight is 1660 g/mol. The van der Waals surface area contributed by atoms with Crippen LogP contribution in [-0.4, -0.2) is 262 Å². The fraction of sp³-hybridized carbons (Fsp3) is 0.656. The van der Waals surface area contributed by atoms with Gasteiger partial charge in [-0.3, -0.25) is 73.1 Å². The zero-order chi connectivity index (χ0) is 85.9. The number of aliphatic carboxylic acids is 1. The minimum Gasteiger partial charge on any atom is -0.480 e. The fourth-order valence-electron chi connectivity index (χ4n) is 11.2. The molecule has 113 heavy (non-hydrogen) atoms. The molecule has 3 saturated heterocycles. The number of benzene rings is 1. The number of hydrogen-bond acceptors (Lipinski definition) is 19. The summed E-state index contributed by atoms with van der Waals surface area (Å²) in [4.78, 5) is 178. The van der Waals surface area contributed by atoms with E-state index in [0.717, 1.165) is 28.9 Å². The van der Waals surface area contributed by atoms with Crippen molar-refractivity contribution in [3.05, 3.63) is 35.4 Å². The normalized spacial score (nSPS) is 18.1. The summed E-state index contributed by atoms with van der Waals surface area (Å²) >= 11 is 0. The molecule has 0 radical (unpaired) electrons. The number of likely N-dealkylation sites (tertiary alicyclic amines) is 2. The van der Waals surface area contributed by atoms with E-state index in [4.69, 9.17) is 39.1 Å². The Labute approximate surface area is 628 Å². The topological polar surface area (TPSA) is 551 Å². The first-order valence-electron chi connectivity index (χ1n) is 33.8. The Balaban J connectivity index is 1.34. The van der Waals surface area contributed by atoms with Gasteiger partial charge in [0.15, 0.2) is 17.9 Å². The molecule has 35 nitrogen and oxygen atoms in total. The highest BCUT2D eigenvalue weighted by Crippen LogP contribution is 2.64. The number of guanidine groups is 3. The van der Waals surface area contributed by atoms with Crippen LogP contribution in [0.4, 0.5) is 79.4 Å². The highest BCUT2D eigenvalue weighted by Gasteiger charge is 2.95. The number of nitrogens with zero attached hydrogens (tertiary/aromatic N) is 6. The maximum absolute atomic E-state index is 14.6. The van der Waals surface area contributed by atoms with Crippen LogP contribution in [0.15, 0.2) is 39.2 Å². The molecule has 1 aromatic carbocycles. The second-order valence-electron chi connectivity index (χ2n) is 25.8. The van der Waals surface area contributed by atoms with Gasteiger partial charge in [0, 0.05) is 39.1 Å². The van der Waals surface area contributed by atoms with E-state index in [-0.39, 0.29) is 125 Å². The van der Waals surface area contributed by atoms with Crippen molar-refractivity contribution in [3.8, 4) is 0 Å². The van der Waals surface area contributed by atoms with Crippen LogP contribution < -0.4 is 71.6 Å². The maximum atomic E-state index is 14.6. The van der Waals surface area contributed by atoms with Crippen molar-refractivity contribution in [2.24, 2.45) is 49.4 Å². The van der Waals surface area contributed by atoms with Gasteiger partial charge in [-0.15, -0.1) is 0 Å². The number of amides is 10. The third-order valence-corrected chi connectivity index (χ3v) is 17.3. The van der Waals surface area contributed by atoms with Crippen molar-refractivity contribution in [2.75, 3.05) is 45.8 Å². The van der Waals surface area contributed by atoms with Gasteiger partial charge in [-0.1, -0.05) is 29.3 Å². The van der Waals surface area contributed by atoms with Crippen molar-refractivity contribution in [1.82, 2.24) is 52.1 Å². The minimum absolute atomic E-state index is 0.00641. The first kappa shape index (κ1) is 94.8. The number of ether oxygens (including phenoxy) is 1. The summed E-state index contributed by atoms with van der Waals surface area (Å²) in [5, 5.41) is 37.3.